The van der Waals surface area contributed by atoms with Crippen molar-refractivity contribution in [3.8, 4) is 5.75 Å². The number of nitrogens with one attached hydrogen (secondary N) is 2. The number of amides is 2. The van der Waals surface area contributed by atoms with Crippen LogP contribution in [0.2, 0.25) is 0 Å². The third-order valence-electron chi connectivity index (χ3n) is 4.74. The molecule has 0 saturated carbocycles. The molecular weight excluding hydrogens is 314 g/mol. The summed E-state index contributed by atoms with van der Waals surface area (Å²) in [4.78, 5) is 16.3. The fourth-order valence-electron chi connectivity index (χ4n) is 3.11. The van der Waals surface area contributed by atoms with E-state index in [1.807, 2.05) is 30.3 Å². The number of benzene rings is 1. The maximum Gasteiger partial charge on any atom is 0.314 e. The maximum absolute atomic E-state index is 12.2. The summed E-state index contributed by atoms with van der Waals surface area (Å²) >= 11 is 0. The van der Waals surface area contributed by atoms with Crippen molar-refractivity contribution in [2.24, 2.45) is 0 Å². The number of pyridine rings is 1. The van der Waals surface area contributed by atoms with E-state index in [0.717, 1.165) is 17.7 Å². The summed E-state index contributed by atoms with van der Waals surface area (Å²) < 4.78 is 5.67. The number of hydrogen-bond acceptors (Lipinski definition) is 3. The molecule has 0 radical (unpaired) electrons. The summed E-state index contributed by atoms with van der Waals surface area (Å²) in [7, 11) is 0. The van der Waals surface area contributed by atoms with Crippen LogP contribution in [0.15, 0.2) is 48.8 Å². The Morgan fingerprint density at radius 3 is 2.76 bits per heavy atom. The Labute approximate surface area is 148 Å². The molecule has 1 aliphatic rings. The summed E-state index contributed by atoms with van der Waals surface area (Å²) in [5.74, 6) is 1.23. The van der Waals surface area contributed by atoms with E-state index in [1.165, 1.54) is 5.56 Å². The molecule has 0 aliphatic carbocycles. The molecule has 2 N–H and O–H groups in total. The van der Waals surface area contributed by atoms with E-state index in [9.17, 15) is 4.79 Å². The van der Waals surface area contributed by atoms with Gasteiger partial charge in [-0.2, -0.15) is 0 Å². The topological polar surface area (TPSA) is 63.2 Å². The molecule has 132 valence electrons. The Hall–Kier alpha value is -2.56. The molecule has 5 heteroatoms. The van der Waals surface area contributed by atoms with Crippen molar-refractivity contribution >= 4 is 6.03 Å². The fraction of sp³-hybridized carbons (Fsp3) is 0.400. The summed E-state index contributed by atoms with van der Waals surface area (Å²) in [6, 6.07) is 11.9. The van der Waals surface area contributed by atoms with E-state index in [4.69, 9.17) is 4.74 Å². The molecule has 1 unspecified atom stereocenters. The van der Waals surface area contributed by atoms with Crippen LogP contribution in [0.3, 0.4) is 0 Å². The highest BCUT2D eigenvalue weighted by molar-refractivity contribution is 5.74. The van der Waals surface area contributed by atoms with Gasteiger partial charge in [0.25, 0.3) is 0 Å². The molecule has 2 heterocycles. The van der Waals surface area contributed by atoms with E-state index < -0.39 is 0 Å². The van der Waals surface area contributed by atoms with Crippen molar-refractivity contribution in [2.45, 2.75) is 31.6 Å². The highest BCUT2D eigenvalue weighted by atomic mass is 16.5. The molecule has 1 aliphatic heterocycles. The normalized spacial score (nSPS) is 16.5. The third kappa shape index (κ3) is 4.29. The van der Waals surface area contributed by atoms with Gasteiger partial charge in [-0.1, -0.05) is 32.0 Å². The summed E-state index contributed by atoms with van der Waals surface area (Å²) in [5, 5.41) is 5.98. The van der Waals surface area contributed by atoms with Crippen LogP contribution in [0.5, 0.6) is 5.75 Å². The van der Waals surface area contributed by atoms with Crippen LogP contribution < -0.4 is 15.4 Å². The first-order chi connectivity index (χ1) is 12.1. The van der Waals surface area contributed by atoms with Crippen LogP contribution in [-0.2, 0) is 5.41 Å². The van der Waals surface area contributed by atoms with Gasteiger partial charge >= 0.3 is 6.03 Å². The Morgan fingerprint density at radius 2 is 1.96 bits per heavy atom. The standard InChI is InChI=1S/C20H25N3O2/c1-20(2,16-7-10-21-11-8-16)14-23-19(24)22-13-15-9-12-25-18-6-4-3-5-17(15)18/h3-8,10-11,15H,9,12-14H2,1-2H3,(H2,22,23,24). The Morgan fingerprint density at radius 1 is 1.20 bits per heavy atom. The number of ether oxygens (including phenoxy) is 1. The Bertz CT molecular complexity index is 716. The minimum atomic E-state index is -0.147. The molecule has 1 atom stereocenters. The molecule has 5 nitrogen and oxygen atoms in total. The van der Waals surface area contributed by atoms with Gasteiger partial charge < -0.3 is 15.4 Å². The minimum Gasteiger partial charge on any atom is -0.493 e. The summed E-state index contributed by atoms with van der Waals surface area (Å²) in [6.07, 6.45) is 4.47. The van der Waals surface area contributed by atoms with Crippen LogP contribution in [0.1, 0.15) is 37.3 Å². The first-order valence-electron chi connectivity index (χ1n) is 8.70. The minimum absolute atomic E-state index is 0.133. The lowest BCUT2D eigenvalue weighted by atomic mass is 9.85. The van der Waals surface area contributed by atoms with Gasteiger partial charge in [0.1, 0.15) is 5.75 Å². The number of nitrogens with zero attached hydrogens (tertiary/aromatic N) is 1. The summed E-state index contributed by atoms with van der Waals surface area (Å²) in [5.41, 5.74) is 2.18. The lowest BCUT2D eigenvalue weighted by molar-refractivity contribution is 0.233. The largest absolute Gasteiger partial charge is 0.493 e. The van der Waals surface area contributed by atoms with Gasteiger partial charge in [0.05, 0.1) is 6.61 Å². The average Bonchev–Trinajstić information content (AvgIpc) is 2.65. The van der Waals surface area contributed by atoms with Gasteiger partial charge in [-0.05, 0) is 35.7 Å². The number of fused-ring (bicyclic) bond motifs is 1. The molecule has 1 aromatic heterocycles. The molecule has 2 amide bonds. The Balaban J connectivity index is 1.51. The lowest BCUT2D eigenvalue weighted by Crippen LogP contribution is -2.43. The second kappa shape index (κ2) is 7.55. The molecule has 1 aromatic carbocycles. The zero-order valence-electron chi connectivity index (χ0n) is 14.8. The lowest BCUT2D eigenvalue weighted by Gasteiger charge is -2.27. The number of para-hydroxylation sites is 1. The highest BCUT2D eigenvalue weighted by Crippen LogP contribution is 2.32. The number of carbonyl (C=O) groups is 1. The fourth-order valence-corrected chi connectivity index (χ4v) is 3.11. The van der Waals surface area contributed by atoms with Crippen LogP contribution in [0, 0.1) is 0 Å². The number of hydrogen-bond donors (Lipinski definition) is 2. The first-order valence-corrected chi connectivity index (χ1v) is 8.70. The van der Waals surface area contributed by atoms with Crippen molar-refractivity contribution in [2.75, 3.05) is 19.7 Å². The summed E-state index contributed by atoms with van der Waals surface area (Å²) in [6.45, 7) is 6.09. The van der Waals surface area contributed by atoms with Gasteiger partial charge in [0.2, 0.25) is 0 Å². The third-order valence-corrected chi connectivity index (χ3v) is 4.74. The molecule has 0 spiro atoms. The molecule has 3 rings (SSSR count). The van der Waals surface area contributed by atoms with Crippen molar-refractivity contribution in [3.63, 3.8) is 0 Å². The molecule has 0 saturated heterocycles. The molecule has 0 bridgehead atoms. The molecule has 0 fully saturated rings. The van der Waals surface area contributed by atoms with Gasteiger partial charge in [0.15, 0.2) is 0 Å². The SMILES string of the molecule is CC(C)(CNC(=O)NCC1CCOc2ccccc21)c1ccncc1. The van der Waals surface area contributed by atoms with Gasteiger partial charge in [0, 0.05) is 36.8 Å². The van der Waals surface area contributed by atoms with E-state index >= 15 is 0 Å². The number of urea groups is 1. The van der Waals surface area contributed by atoms with Gasteiger partial charge in [-0.3, -0.25) is 4.98 Å². The zero-order valence-corrected chi connectivity index (χ0v) is 14.8. The van der Waals surface area contributed by atoms with E-state index in [0.29, 0.717) is 25.6 Å². The zero-order chi connectivity index (χ0) is 17.7. The monoisotopic (exact) mass is 339 g/mol. The van der Waals surface area contributed by atoms with Crippen molar-refractivity contribution < 1.29 is 9.53 Å². The van der Waals surface area contributed by atoms with Gasteiger partial charge in [-0.15, -0.1) is 0 Å². The average molecular weight is 339 g/mol. The van der Waals surface area contributed by atoms with Gasteiger partial charge in [-0.25, -0.2) is 4.79 Å². The van der Waals surface area contributed by atoms with Crippen LogP contribution in [-0.4, -0.2) is 30.7 Å². The number of rotatable bonds is 5. The Kier molecular flexibility index (Phi) is 5.22. The van der Waals surface area contributed by atoms with Crippen molar-refractivity contribution in [3.05, 3.63) is 59.9 Å². The van der Waals surface area contributed by atoms with E-state index in [2.05, 4.69) is 35.5 Å². The quantitative estimate of drug-likeness (QED) is 0.879. The van der Waals surface area contributed by atoms with E-state index in [-0.39, 0.29) is 11.4 Å². The van der Waals surface area contributed by atoms with Crippen molar-refractivity contribution in [1.82, 2.24) is 15.6 Å². The predicted octanol–water partition coefficient (Wildman–Crippen LogP) is 3.22. The van der Waals surface area contributed by atoms with Crippen LogP contribution in [0.4, 0.5) is 4.79 Å². The number of aromatic nitrogens is 1. The highest BCUT2D eigenvalue weighted by Gasteiger charge is 2.23. The second-order valence-corrected chi connectivity index (χ2v) is 7.06. The molecule has 25 heavy (non-hydrogen) atoms. The predicted molar refractivity (Wildman–Crippen MR) is 98.0 cm³/mol. The number of carbonyl (C=O) groups excluding carboxylic acids is 1. The maximum atomic E-state index is 12.2. The van der Waals surface area contributed by atoms with Crippen molar-refractivity contribution in [1.29, 1.82) is 0 Å². The van der Waals surface area contributed by atoms with Crippen LogP contribution >= 0.6 is 0 Å². The second-order valence-electron chi connectivity index (χ2n) is 7.06. The van der Waals surface area contributed by atoms with E-state index in [1.54, 1.807) is 12.4 Å². The molecule has 2 aromatic rings. The molecular formula is C20H25N3O2. The smallest absolute Gasteiger partial charge is 0.314 e. The van der Waals surface area contributed by atoms with Crippen LogP contribution in [0.25, 0.3) is 0 Å². The first kappa shape index (κ1) is 17.3.